The van der Waals surface area contributed by atoms with E-state index in [1.165, 1.54) is 10.8 Å². The molecule has 1 aromatic carbocycles. The molecule has 0 bridgehead atoms. The zero-order valence-electron chi connectivity index (χ0n) is 8.99. The van der Waals surface area contributed by atoms with Crippen molar-refractivity contribution in [2.45, 2.75) is 13.8 Å². The van der Waals surface area contributed by atoms with E-state index in [-0.39, 0.29) is 5.41 Å². The van der Waals surface area contributed by atoms with E-state index in [0.29, 0.717) is 0 Å². The fraction of sp³-hybridized carbons (Fsp3) is 0.214. The van der Waals surface area contributed by atoms with E-state index in [1.54, 1.807) is 0 Å². The second-order valence-electron chi connectivity index (χ2n) is 4.64. The molecule has 0 saturated heterocycles. The van der Waals surface area contributed by atoms with Crippen molar-refractivity contribution in [3.63, 3.8) is 0 Å². The lowest BCUT2D eigenvalue weighted by Gasteiger charge is -2.25. The first-order valence-electron chi connectivity index (χ1n) is 5.27. The first kappa shape index (κ1) is 8.66. The molecule has 1 aliphatic carbocycles. The molecule has 0 fully saturated rings. The maximum absolute atomic E-state index is 4.64. The van der Waals surface area contributed by atoms with Crippen molar-refractivity contribution >= 4 is 5.57 Å². The fourth-order valence-corrected chi connectivity index (χ4v) is 2.37. The van der Waals surface area contributed by atoms with Crippen LogP contribution in [0.3, 0.4) is 0 Å². The summed E-state index contributed by atoms with van der Waals surface area (Å²) in [5.74, 6) is 0. The van der Waals surface area contributed by atoms with E-state index >= 15 is 0 Å². The molecule has 0 aromatic heterocycles. The van der Waals surface area contributed by atoms with Crippen LogP contribution < -0.4 is 10.6 Å². The van der Waals surface area contributed by atoms with Crippen LogP contribution in [0.15, 0.2) is 53.2 Å². The van der Waals surface area contributed by atoms with Crippen LogP contribution in [-0.4, -0.2) is 0 Å². The summed E-state index contributed by atoms with van der Waals surface area (Å²) < 4.78 is 0. The van der Waals surface area contributed by atoms with E-state index in [4.69, 9.17) is 0 Å². The summed E-state index contributed by atoms with van der Waals surface area (Å²) in [6.45, 7) is 4.48. The highest BCUT2D eigenvalue weighted by atomic mass is 14.8. The quantitative estimate of drug-likeness (QED) is 0.600. The zero-order chi connectivity index (χ0) is 10.5. The van der Waals surface area contributed by atoms with Crippen molar-refractivity contribution in [1.29, 1.82) is 0 Å². The minimum Gasteiger partial charge on any atom is -0.248 e. The Bertz CT molecular complexity index is 600. The maximum atomic E-state index is 4.64. The van der Waals surface area contributed by atoms with Gasteiger partial charge in [-0.3, -0.25) is 0 Å². The first-order valence-corrected chi connectivity index (χ1v) is 5.27. The van der Waals surface area contributed by atoms with Crippen LogP contribution in [-0.2, 0) is 0 Å². The molecule has 74 valence electrons. The first-order chi connectivity index (χ1) is 7.18. The van der Waals surface area contributed by atoms with Gasteiger partial charge in [-0.2, -0.15) is 0 Å². The predicted octanol–water partition coefficient (Wildman–Crippen LogP) is 1.95. The van der Waals surface area contributed by atoms with Gasteiger partial charge < -0.3 is 0 Å². The van der Waals surface area contributed by atoms with Gasteiger partial charge in [0.1, 0.15) is 0 Å². The van der Waals surface area contributed by atoms with Gasteiger partial charge in [0.15, 0.2) is 0 Å². The molecule has 0 amide bonds. The maximum Gasteiger partial charge on any atom is 0.0713 e. The molecule has 0 N–H and O–H groups in total. The van der Waals surface area contributed by atoms with Crippen molar-refractivity contribution in [3.8, 4) is 0 Å². The van der Waals surface area contributed by atoms with E-state index < -0.39 is 0 Å². The summed E-state index contributed by atoms with van der Waals surface area (Å²) in [4.78, 5) is 4.64. The smallest absolute Gasteiger partial charge is 0.0713 e. The SMILES string of the molecule is CC1(C)C=CC=C2N=c3ccccc3=C21. The second kappa shape index (κ2) is 2.69. The molecule has 15 heavy (non-hydrogen) atoms. The minimum absolute atomic E-state index is 0.0974. The van der Waals surface area contributed by atoms with E-state index in [2.05, 4.69) is 55.3 Å². The Morgan fingerprint density at radius 1 is 1.13 bits per heavy atom. The third-order valence-electron chi connectivity index (χ3n) is 3.08. The molecule has 2 aliphatic rings. The van der Waals surface area contributed by atoms with Crippen LogP contribution in [0.2, 0.25) is 0 Å². The van der Waals surface area contributed by atoms with E-state index in [1.807, 2.05) is 6.07 Å². The number of fused-ring (bicyclic) bond motifs is 2. The van der Waals surface area contributed by atoms with Crippen molar-refractivity contribution in [2.24, 2.45) is 10.4 Å². The molecular weight excluding hydrogens is 182 g/mol. The van der Waals surface area contributed by atoms with Gasteiger partial charge in [0, 0.05) is 10.6 Å². The Kier molecular flexibility index (Phi) is 1.55. The molecule has 1 nitrogen and oxygen atoms in total. The Morgan fingerprint density at radius 3 is 2.80 bits per heavy atom. The normalized spacial score (nSPS) is 20.4. The van der Waals surface area contributed by atoms with Crippen molar-refractivity contribution in [2.75, 3.05) is 0 Å². The van der Waals surface area contributed by atoms with Gasteiger partial charge in [-0.15, -0.1) is 0 Å². The minimum atomic E-state index is 0.0974. The standard InChI is InChI=1S/C14H13N/c1-14(2)9-5-8-12-13(14)10-6-3-4-7-11(10)15-12/h3-9H,1-2H3. The van der Waals surface area contributed by atoms with Gasteiger partial charge >= 0.3 is 0 Å². The van der Waals surface area contributed by atoms with Crippen molar-refractivity contribution in [1.82, 2.24) is 0 Å². The number of benzene rings is 1. The third-order valence-corrected chi connectivity index (χ3v) is 3.08. The number of hydrogen-bond acceptors (Lipinski definition) is 1. The van der Waals surface area contributed by atoms with E-state index in [9.17, 15) is 0 Å². The summed E-state index contributed by atoms with van der Waals surface area (Å²) in [5.41, 5.74) is 2.59. The molecule has 1 aliphatic heterocycles. The van der Waals surface area contributed by atoms with Crippen LogP contribution in [0.5, 0.6) is 0 Å². The lowest BCUT2D eigenvalue weighted by molar-refractivity contribution is 0.641. The lowest BCUT2D eigenvalue weighted by atomic mass is 9.79. The summed E-state index contributed by atoms with van der Waals surface area (Å²) in [5, 5.41) is 2.40. The molecule has 0 radical (unpaired) electrons. The molecule has 0 unspecified atom stereocenters. The Balaban J connectivity index is 2.47. The van der Waals surface area contributed by atoms with Crippen LogP contribution in [0.25, 0.3) is 5.57 Å². The number of allylic oxidation sites excluding steroid dienone is 4. The summed E-state index contributed by atoms with van der Waals surface area (Å²) >= 11 is 0. The summed E-state index contributed by atoms with van der Waals surface area (Å²) in [6.07, 6.45) is 6.44. The molecule has 1 heteroatoms. The number of rotatable bonds is 0. The average Bonchev–Trinajstić information content (AvgIpc) is 2.56. The van der Waals surface area contributed by atoms with E-state index in [0.717, 1.165) is 11.1 Å². The number of nitrogens with zero attached hydrogens (tertiary/aromatic N) is 1. The van der Waals surface area contributed by atoms with Gasteiger partial charge in [0.2, 0.25) is 0 Å². The molecule has 0 saturated carbocycles. The van der Waals surface area contributed by atoms with Crippen LogP contribution >= 0.6 is 0 Å². The number of hydrogen-bond donors (Lipinski definition) is 0. The average molecular weight is 195 g/mol. The molecule has 0 atom stereocenters. The van der Waals surface area contributed by atoms with Crippen molar-refractivity contribution < 1.29 is 0 Å². The number of para-hydroxylation sites is 1. The van der Waals surface area contributed by atoms with Gasteiger partial charge in [-0.05, 0) is 17.7 Å². The highest BCUT2D eigenvalue weighted by molar-refractivity contribution is 5.74. The van der Waals surface area contributed by atoms with Gasteiger partial charge in [-0.1, -0.05) is 44.2 Å². The van der Waals surface area contributed by atoms with Crippen LogP contribution in [0.4, 0.5) is 0 Å². The fourth-order valence-electron chi connectivity index (χ4n) is 2.37. The topological polar surface area (TPSA) is 12.4 Å². The van der Waals surface area contributed by atoms with Gasteiger partial charge in [0.05, 0.1) is 11.1 Å². The zero-order valence-corrected chi connectivity index (χ0v) is 8.99. The Hall–Kier alpha value is -1.63. The van der Waals surface area contributed by atoms with Crippen LogP contribution in [0.1, 0.15) is 13.8 Å². The lowest BCUT2D eigenvalue weighted by Crippen LogP contribution is -2.27. The highest BCUT2D eigenvalue weighted by Gasteiger charge is 2.28. The van der Waals surface area contributed by atoms with Crippen molar-refractivity contribution in [3.05, 3.63) is 58.8 Å². The molecular formula is C14H13N. The molecule has 3 rings (SSSR count). The summed E-state index contributed by atoms with van der Waals surface area (Å²) in [7, 11) is 0. The highest BCUT2D eigenvalue weighted by Crippen LogP contribution is 2.37. The second-order valence-corrected chi connectivity index (χ2v) is 4.64. The Labute approximate surface area is 89.2 Å². The van der Waals surface area contributed by atoms with Gasteiger partial charge in [-0.25, -0.2) is 4.99 Å². The third kappa shape index (κ3) is 1.13. The summed E-state index contributed by atoms with van der Waals surface area (Å²) in [6, 6.07) is 8.37. The predicted molar refractivity (Wildman–Crippen MR) is 61.6 cm³/mol. The van der Waals surface area contributed by atoms with Gasteiger partial charge in [0.25, 0.3) is 0 Å². The molecule has 1 heterocycles. The molecule has 0 spiro atoms. The largest absolute Gasteiger partial charge is 0.248 e. The Morgan fingerprint density at radius 2 is 1.93 bits per heavy atom. The monoisotopic (exact) mass is 195 g/mol. The molecule has 1 aromatic rings. The van der Waals surface area contributed by atoms with Crippen LogP contribution in [0, 0.1) is 5.41 Å².